The molecule has 15 heavy (non-hydrogen) atoms. The molecule has 0 saturated heterocycles. The van der Waals surface area contributed by atoms with Crippen molar-refractivity contribution >= 4 is 11.6 Å². The fourth-order valence-corrected chi connectivity index (χ4v) is 1.61. The summed E-state index contributed by atoms with van der Waals surface area (Å²) in [7, 11) is 0. The second kappa shape index (κ2) is 19.8. The number of hydrogen-bond acceptors (Lipinski definition) is 0. The highest BCUT2D eigenvalue weighted by Crippen LogP contribution is 2.07. The lowest BCUT2D eigenvalue weighted by atomic mass is 10.1. The maximum absolute atomic E-state index is 5.30. The SMILES string of the molecule is CCCCCCCCCC.CCCCCl. The summed E-state index contributed by atoms with van der Waals surface area (Å²) >= 11 is 5.30. The van der Waals surface area contributed by atoms with Crippen molar-refractivity contribution in [3.8, 4) is 0 Å². The minimum atomic E-state index is 0.816. The van der Waals surface area contributed by atoms with Gasteiger partial charge in [-0.25, -0.2) is 0 Å². The van der Waals surface area contributed by atoms with Gasteiger partial charge < -0.3 is 0 Å². The third-order valence-corrected chi connectivity index (χ3v) is 2.71. The number of hydrogen-bond donors (Lipinski definition) is 0. The maximum Gasteiger partial charge on any atom is 0.0223 e. The molecule has 0 amide bonds. The third kappa shape index (κ3) is 25.0. The number of unbranched alkanes of at least 4 members (excludes halogenated alkanes) is 8. The van der Waals surface area contributed by atoms with Crippen LogP contribution in [0.4, 0.5) is 0 Å². The van der Waals surface area contributed by atoms with Gasteiger partial charge >= 0.3 is 0 Å². The van der Waals surface area contributed by atoms with E-state index < -0.39 is 0 Å². The van der Waals surface area contributed by atoms with Gasteiger partial charge in [-0.3, -0.25) is 0 Å². The molecule has 0 aliphatic carbocycles. The van der Waals surface area contributed by atoms with Gasteiger partial charge in [0, 0.05) is 5.88 Å². The Morgan fingerprint density at radius 2 is 0.867 bits per heavy atom. The van der Waals surface area contributed by atoms with Crippen LogP contribution in [0.3, 0.4) is 0 Å². The molecule has 0 radical (unpaired) electrons. The van der Waals surface area contributed by atoms with E-state index in [1.54, 1.807) is 0 Å². The van der Waals surface area contributed by atoms with Crippen LogP contribution in [0.5, 0.6) is 0 Å². The zero-order valence-electron chi connectivity index (χ0n) is 11.2. The van der Waals surface area contributed by atoms with E-state index in [-0.39, 0.29) is 0 Å². The molecule has 0 aromatic heterocycles. The zero-order chi connectivity index (χ0) is 11.8. The highest BCUT2D eigenvalue weighted by Gasteiger charge is 1.87. The van der Waals surface area contributed by atoms with E-state index in [0.717, 1.165) is 12.3 Å². The molecule has 0 aliphatic rings. The molecule has 1 heteroatoms. The maximum atomic E-state index is 5.30. The van der Waals surface area contributed by atoms with Crippen molar-refractivity contribution in [3.63, 3.8) is 0 Å². The van der Waals surface area contributed by atoms with Gasteiger partial charge in [0.25, 0.3) is 0 Å². The van der Waals surface area contributed by atoms with Gasteiger partial charge in [0.1, 0.15) is 0 Å². The molecular formula is C14H31Cl. The van der Waals surface area contributed by atoms with Gasteiger partial charge in [0.15, 0.2) is 0 Å². The highest BCUT2D eigenvalue weighted by atomic mass is 35.5. The highest BCUT2D eigenvalue weighted by molar-refractivity contribution is 6.17. The molecule has 0 aromatic rings. The summed E-state index contributed by atoms with van der Waals surface area (Å²) in [5.41, 5.74) is 0. The number of rotatable bonds is 9. The molecule has 0 spiro atoms. The van der Waals surface area contributed by atoms with Crippen LogP contribution in [0, 0.1) is 0 Å². The van der Waals surface area contributed by atoms with E-state index in [2.05, 4.69) is 20.8 Å². The molecule has 0 nitrogen and oxygen atoms in total. The molecule has 0 fully saturated rings. The van der Waals surface area contributed by atoms with Crippen LogP contribution < -0.4 is 0 Å². The molecule has 0 aliphatic heterocycles. The molecule has 0 rings (SSSR count). The van der Waals surface area contributed by atoms with Crippen LogP contribution in [-0.4, -0.2) is 5.88 Å². The van der Waals surface area contributed by atoms with Crippen molar-refractivity contribution in [1.82, 2.24) is 0 Å². The summed E-state index contributed by atoms with van der Waals surface area (Å²) < 4.78 is 0. The van der Waals surface area contributed by atoms with Gasteiger partial charge in [-0.2, -0.15) is 0 Å². The molecule has 0 heterocycles. The van der Waals surface area contributed by atoms with Crippen molar-refractivity contribution in [2.45, 2.75) is 85.0 Å². The number of halogens is 1. The van der Waals surface area contributed by atoms with Gasteiger partial charge in [-0.05, 0) is 6.42 Å². The molecule has 0 N–H and O–H groups in total. The first-order valence-electron chi connectivity index (χ1n) is 6.89. The van der Waals surface area contributed by atoms with Crippen LogP contribution in [-0.2, 0) is 0 Å². The van der Waals surface area contributed by atoms with E-state index in [4.69, 9.17) is 11.6 Å². The van der Waals surface area contributed by atoms with Crippen molar-refractivity contribution in [2.24, 2.45) is 0 Å². The topological polar surface area (TPSA) is 0 Å². The van der Waals surface area contributed by atoms with Gasteiger partial charge in [-0.15, -0.1) is 11.6 Å². The molecule has 94 valence electrons. The van der Waals surface area contributed by atoms with Crippen LogP contribution in [0.1, 0.15) is 85.0 Å². The minimum Gasteiger partial charge on any atom is -0.127 e. The number of alkyl halides is 1. The Morgan fingerprint density at radius 1 is 0.533 bits per heavy atom. The van der Waals surface area contributed by atoms with Crippen molar-refractivity contribution in [2.75, 3.05) is 5.88 Å². The van der Waals surface area contributed by atoms with Crippen LogP contribution in [0.15, 0.2) is 0 Å². The lowest BCUT2D eigenvalue weighted by Gasteiger charge is -1.97. The second-order valence-electron chi connectivity index (χ2n) is 4.16. The smallest absolute Gasteiger partial charge is 0.0223 e. The molecule has 0 unspecified atom stereocenters. The summed E-state index contributed by atoms with van der Waals surface area (Å²) in [5, 5.41) is 0. The first-order valence-corrected chi connectivity index (χ1v) is 7.42. The van der Waals surface area contributed by atoms with Crippen LogP contribution >= 0.6 is 11.6 Å². The largest absolute Gasteiger partial charge is 0.127 e. The molecule has 0 bridgehead atoms. The van der Waals surface area contributed by atoms with Gasteiger partial charge in [0.05, 0.1) is 0 Å². The van der Waals surface area contributed by atoms with Crippen molar-refractivity contribution in [1.29, 1.82) is 0 Å². The fraction of sp³-hybridized carbons (Fsp3) is 1.00. The quantitative estimate of drug-likeness (QED) is 0.331. The van der Waals surface area contributed by atoms with Crippen molar-refractivity contribution in [3.05, 3.63) is 0 Å². The first kappa shape index (κ1) is 17.7. The molecule has 0 atom stereocenters. The Morgan fingerprint density at radius 3 is 1.07 bits per heavy atom. The summed E-state index contributed by atoms with van der Waals surface area (Å²) in [6, 6.07) is 0. The van der Waals surface area contributed by atoms with E-state index >= 15 is 0 Å². The lowest BCUT2D eigenvalue weighted by molar-refractivity contribution is 0.585. The normalized spacial score (nSPS) is 9.60. The average Bonchev–Trinajstić information content (AvgIpc) is 2.25. The lowest BCUT2D eigenvalue weighted by Crippen LogP contribution is -1.77. The minimum absolute atomic E-state index is 0.816. The molecular weight excluding hydrogens is 204 g/mol. The predicted molar refractivity (Wildman–Crippen MR) is 73.9 cm³/mol. The van der Waals surface area contributed by atoms with E-state index in [0.29, 0.717) is 0 Å². The Bertz CT molecular complexity index is 71.4. The standard InChI is InChI=1S/C10H22.C4H9Cl/c1-3-5-7-9-10-8-6-4-2;1-2-3-4-5/h3-10H2,1-2H3;2-4H2,1H3. The van der Waals surface area contributed by atoms with Gasteiger partial charge in [-0.1, -0.05) is 78.6 Å². The Hall–Kier alpha value is 0.290. The fourth-order valence-electron chi connectivity index (χ4n) is 1.34. The van der Waals surface area contributed by atoms with E-state index in [9.17, 15) is 0 Å². The summed E-state index contributed by atoms with van der Waals surface area (Å²) in [5.74, 6) is 0.816. The summed E-state index contributed by atoms with van der Waals surface area (Å²) in [4.78, 5) is 0. The predicted octanol–water partition coefficient (Wildman–Crippen LogP) is 6.17. The Kier molecular flexibility index (Phi) is 23.3. The third-order valence-electron chi connectivity index (χ3n) is 2.44. The van der Waals surface area contributed by atoms with Crippen molar-refractivity contribution < 1.29 is 0 Å². The first-order chi connectivity index (χ1) is 7.33. The monoisotopic (exact) mass is 234 g/mol. The van der Waals surface area contributed by atoms with E-state index in [1.165, 1.54) is 57.8 Å². The molecule has 0 saturated carbocycles. The summed E-state index contributed by atoms with van der Waals surface area (Å²) in [6.07, 6.45) is 13.8. The zero-order valence-corrected chi connectivity index (χ0v) is 11.9. The van der Waals surface area contributed by atoms with Gasteiger partial charge in [0.2, 0.25) is 0 Å². The second-order valence-corrected chi connectivity index (χ2v) is 4.54. The Labute approximate surface area is 103 Å². The van der Waals surface area contributed by atoms with Crippen LogP contribution in [0.2, 0.25) is 0 Å². The Balaban J connectivity index is 0. The average molecular weight is 235 g/mol. The van der Waals surface area contributed by atoms with E-state index in [1.807, 2.05) is 0 Å². The molecule has 0 aromatic carbocycles. The summed E-state index contributed by atoms with van der Waals surface area (Å²) in [6.45, 7) is 6.67. The van der Waals surface area contributed by atoms with Crippen LogP contribution in [0.25, 0.3) is 0 Å².